The SMILES string of the molecule is CCCCCCc1cn(Cc2ccccc2)c(=O)n1Cc1ccc(-c2ccccc2-n2cnnn2)cc1. The third-order valence-corrected chi connectivity index (χ3v) is 6.72. The monoisotopic (exact) mass is 492 g/mol. The molecule has 0 atom stereocenters. The largest absolute Gasteiger partial charge is 0.328 e. The van der Waals surface area contributed by atoms with Crippen LogP contribution in [0.5, 0.6) is 0 Å². The summed E-state index contributed by atoms with van der Waals surface area (Å²) in [7, 11) is 0. The van der Waals surface area contributed by atoms with Crippen molar-refractivity contribution in [2.75, 3.05) is 0 Å². The van der Waals surface area contributed by atoms with E-state index in [9.17, 15) is 4.79 Å². The van der Waals surface area contributed by atoms with E-state index in [0.717, 1.165) is 46.5 Å². The van der Waals surface area contributed by atoms with Crippen molar-refractivity contribution in [3.8, 4) is 16.8 Å². The van der Waals surface area contributed by atoms with E-state index >= 15 is 0 Å². The summed E-state index contributed by atoms with van der Waals surface area (Å²) in [6.45, 7) is 3.36. The lowest BCUT2D eigenvalue weighted by Gasteiger charge is -2.11. The van der Waals surface area contributed by atoms with Gasteiger partial charge in [0.05, 0.1) is 18.8 Å². The Morgan fingerprint density at radius 1 is 0.784 bits per heavy atom. The van der Waals surface area contributed by atoms with E-state index in [2.05, 4.69) is 71.1 Å². The third-order valence-electron chi connectivity index (χ3n) is 6.72. The van der Waals surface area contributed by atoms with Gasteiger partial charge in [0.25, 0.3) is 0 Å². The van der Waals surface area contributed by atoms with Crippen molar-refractivity contribution in [1.82, 2.24) is 29.3 Å². The maximum Gasteiger partial charge on any atom is 0.328 e. The number of benzene rings is 3. The van der Waals surface area contributed by atoms with Crippen molar-refractivity contribution >= 4 is 0 Å². The van der Waals surface area contributed by atoms with Gasteiger partial charge < -0.3 is 0 Å². The van der Waals surface area contributed by atoms with E-state index in [1.165, 1.54) is 19.3 Å². The van der Waals surface area contributed by atoms with Crippen molar-refractivity contribution in [3.63, 3.8) is 0 Å². The molecular weight excluding hydrogens is 460 g/mol. The van der Waals surface area contributed by atoms with Crippen LogP contribution < -0.4 is 5.69 Å². The second-order valence-corrected chi connectivity index (χ2v) is 9.38. The maximum atomic E-state index is 13.5. The van der Waals surface area contributed by atoms with E-state index in [0.29, 0.717) is 13.1 Å². The van der Waals surface area contributed by atoms with E-state index in [1.807, 2.05) is 45.5 Å². The molecule has 5 rings (SSSR count). The Kier molecular flexibility index (Phi) is 7.69. The van der Waals surface area contributed by atoms with Gasteiger partial charge in [-0.15, -0.1) is 5.10 Å². The van der Waals surface area contributed by atoms with Crippen LogP contribution >= 0.6 is 0 Å². The van der Waals surface area contributed by atoms with Crippen molar-refractivity contribution < 1.29 is 0 Å². The number of imidazole rings is 1. The second-order valence-electron chi connectivity index (χ2n) is 9.38. The lowest BCUT2D eigenvalue weighted by atomic mass is 10.0. The summed E-state index contributed by atoms with van der Waals surface area (Å²) in [5.74, 6) is 0. The normalized spacial score (nSPS) is 11.2. The van der Waals surface area contributed by atoms with Crippen molar-refractivity contribution in [1.29, 1.82) is 0 Å². The Balaban J connectivity index is 1.40. The fourth-order valence-electron chi connectivity index (χ4n) is 4.74. The number of rotatable bonds is 11. The molecule has 0 fully saturated rings. The molecule has 0 unspecified atom stereocenters. The molecule has 37 heavy (non-hydrogen) atoms. The lowest BCUT2D eigenvalue weighted by Crippen LogP contribution is -2.26. The van der Waals surface area contributed by atoms with Crippen LogP contribution in [0, 0.1) is 0 Å². The standard InChI is InChI=1S/C30H32N6O/c1-2-3-4-8-13-27-22-34(20-24-11-6-5-7-12-24)30(37)35(27)21-25-16-18-26(19-17-25)28-14-9-10-15-29(28)36-23-31-32-33-36/h5-7,9-12,14-19,22-23H,2-4,8,13,20-21H2,1H3. The number of para-hydroxylation sites is 1. The first-order chi connectivity index (χ1) is 18.2. The zero-order chi connectivity index (χ0) is 25.5. The van der Waals surface area contributed by atoms with E-state index in [-0.39, 0.29) is 5.69 Å². The summed E-state index contributed by atoms with van der Waals surface area (Å²) in [5.41, 5.74) is 6.41. The number of tetrazole rings is 1. The molecule has 2 aromatic heterocycles. The predicted molar refractivity (Wildman–Crippen MR) is 146 cm³/mol. The van der Waals surface area contributed by atoms with Gasteiger partial charge in [-0.05, 0) is 46.0 Å². The van der Waals surface area contributed by atoms with Crippen molar-refractivity contribution in [3.05, 3.63) is 119 Å². The van der Waals surface area contributed by atoms with Crippen LogP contribution in [0.2, 0.25) is 0 Å². The molecule has 0 radical (unpaired) electrons. The lowest BCUT2D eigenvalue weighted by molar-refractivity contribution is 0.626. The predicted octanol–water partition coefficient (Wildman–Crippen LogP) is 5.51. The Labute approximate surface area is 217 Å². The molecule has 5 aromatic rings. The van der Waals surface area contributed by atoms with Gasteiger partial charge in [0, 0.05) is 17.5 Å². The van der Waals surface area contributed by atoms with Crippen LogP contribution in [-0.2, 0) is 19.5 Å². The minimum atomic E-state index is 0.0439. The molecule has 0 saturated heterocycles. The summed E-state index contributed by atoms with van der Waals surface area (Å²) in [5, 5.41) is 11.6. The minimum Gasteiger partial charge on any atom is -0.295 e. The quantitative estimate of drug-likeness (QED) is 0.228. The average Bonchev–Trinajstić information content (AvgIpc) is 3.57. The molecule has 0 aliphatic heterocycles. The second kappa shape index (κ2) is 11.6. The van der Waals surface area contributed by atoms with Gasteiger partial charge in [-0.1, -0.05) is 99.0 Å². The molecule has 0 bridgehead atoms. The highest BCUT2D eigenvalue weighted by Crippen LogP contribution is 2.26. The van der Waals surface area contributed by atoms with Gasteiger partial charge in [0.2, 0.25) is 0 Å². The van der Waals surface area contributed by atoms with Gasteiger partial charge >= 0.3 is 5.69 Å². The Hall–Kier alpha value is -4.26. The number of aromatic nitrogens is 6. The van der Waals surface area contributed by atoms with Crippen LogP contribution in [-0.4, -0.2) is 29.3 Å². The summed E-state index contributed by atoms with van der Waals surface area (Å²) in [6.07, 6.45) is 9.26. The van der Waals surface area contributed by atoms with Crippen molar-refractivity contribution in [2.24, 2.45) is 0 Å². The molecule has 188 valence electrons. The number of hydrogen-bond donors (Lipinski definition) is 0. The molecule has 3 aromatic carbocycles. The molecule has 0 N–H and O–H groups in total. The molecule has 0 aliphatic carbocycles. The molecule has 0 spiro atoms. The fourth-order valence-corrected chi connectivity index (χ4v) is 4.74. The molecule has 2 heterocycles. The number of nitrogens with zero attached hydrogens (tertiary/aromatic N) is 6. The smallest absolute Gasteiger partial charge is 0.295 e. The first kappa shape index (κ1) is 24.4. The topological polar surface area (TPSA) is 70.5 Å². The summed E-state index contributed by atoms with van der Waals surface area (Å²) in [6, 6.07) is 26.6. The van der Waals surface area contributed by atoms with Crippen LogP contribution in [0.15, 0.2) is 96.2 Å². The van der Waals surface area contributed by atoms with E-state index in [4.69, 9.17) is 0 Å². The Morgan fingerprint density at radius 2 is 1.54 bits per heavy atom. The molecule has 7 heteroatoms. The molecule has 0 aliphatic rings. The van der Waals surface area contributed by atoms with Crippen LogP contribution in [0.3, 0.4) is 0 Å². The van der Waals surface area contributed by atoms with Crippen LogP contribution in [0.1, 0.15) is 49.4 Å². The Morgan fingerprint density at radius 3 is 2.30 bits per heavy atom. The minimum absolute atomic E-state index is 0.0439. The number of hydrogen-bond acceptors (Lipinski definition) is 4. The maximum absolute atomic E-state index is 13.5. The average molecular weight is 493 g/mol. The highest BCUT2D eigenvalue weighted by atomic mass is 16.1. The molecular formula is C30H32N6O. The number of aryl methyl sites for hydroxylation is 1. The van der Waals surface area contributed by atoms with Gasteiger partial charge in [-0.3, -0.25) is 9.13 Å². The molecule has 7 nitrogen and oxygen atoms in total. The molecule has 0 saturated carbocycles. The summed E-state index contributed by atoms with van der Waals surface area (Å²) >= 11 is 0. The van der Waals surface area contributed by atoms with Crippen LogP contribution in [0.4, 0.5) is 0 Å². The summed E-state index contributed by atoms with van der Waals surface area (Å²) < 4.78 is 5.46. The van der Waals surface area contributed by atoms with Gasteiger partial charge in [0.1, 0.15) is 6.33 Å². The van der Waals surface area contributed by atoms with Crippen LogP contribution in [0.25, 0.3) is 16.8 Å². The van der Waals surface area contributed by atoms with Gasteiger partial charge in [0.15, 0.2) is 0 Å². The van der Waals surface area contributed by atoms with Gasteiger partial charge in [-0.2, -0.15) is 4.68 Å². The summed E-state index contributed by atoms with van der Waals surface area (Å²) in [4.78, 5) is 13.5. The zero-order valence-corrected chi connectivity index (χ0v) is 21.2. The number of unbranched alkanes of at least 4 members (excludes halogenated alkanes) is 3. The van der Waals surface area contributed by atoms with E-state index < -0.39 is 0 Å². The first-order valence-corrected chi connectivity index (χ1v) is 13.0. The molecule has 0 amide bonds. The van der Waals surface area contributed by atoms with Crippen molar-refractivity contribution in [2.45, 2.75) is 52.1 Å². The highest BCUT2D eigenvalue weighted by Gasteiger charge is 2.13. The van der Waals surface area contributed by atoms with E-state index in [1.54, 1.807) is 11.0 Å². The zero-order valence-electron chi connectivity index (χ0n) is 21.2. The third kappa shape index (κ3) is 5.77. The Bertz CT molecular complexity index is 1470. The highest BCUT2D eigenvalue weighted by molar-refractivity contribution is 5.72. The van der Waals surface area contributed by atoms with Gasteiger partial charge in [-0.25, -0.2) is 4.79 Å². The fraction of sp³-hybridized carbons (Fsp3) is 0.267. The first-order valence-electron chi connectivity index (χ1n) is 13.0.